The standard InChI is InChI=1S/C19H21ClN2O2S/c1-11(2)21-18(24)16-13-8-4-6-10-15(13)25-19(16)22-17(23)12-7-3-5-9-14(12)20/h3,5,7,9,11H,4,6,8,10H2,1-2H3,(H,21,24)(H,22,23). The van der Waals surface area contributed by atoms with Gasteiger partial charge in [0.05, 0.1) is 16.1 Å². The highest BCUT2D eigenvalue weighted by molar-refractivity contribution is 7.17. The molecule has 0 unspecified atom stereocenters. The molecule has 0 aliphatic heterocycles. The monoisotopic (exact) mass is 376 g/mol. The molecule has 2 N–H and O–H groups in total. The van der Waals surface area contributed by atoms with E-state index in [1.165, 1.54) is 16.2 Å². The van der Waals surface area contributed by atoms with Crippen molar-refractivity contribution in [3.8, 4) is 0 Å². The average molecular weight is 377 g/mol. The summed E-state index contributed by atoms with van der Waals surface area (Å²) < 4.78 is 0. The molecule has 0 atom stereocenters. The lowest BCUT2D eigenvalue weighted by molar-refractivity contribution is 0.0943. The van der Waals surface area contributed by atoms with Crippen LogP contribution in [-0.4, -0.2) is 17.9 Å². The Labute approximate surface area is 156 Å². The first kappa shape index (κ1) is 18.0. The number of aryl methyl sites for hydroxylation is 1. The highest BCUT2D eigenvalue weighted by Crippen LogP contribution is 2.38. The smallest absolute Gasteiger partial charge is 0.257 e. The van der Waals surface area contributed by atoms with Crippen molar-refractivity contribution < 1.29 is 9.59 Å². The lowest BCUT2D eigenvalue weighted by Crippen LogP contribution is -2.31. The molecule has 0 radical (unpaired) electrons. The maximum Gasteiger partial charge on any atom is 0.257 e. The minimum absolute atomic E-state index is 0.0405. The molecule has 0 bridgehead atoms. The Hall–Kier alpha value is -1.85. The number of benzene rings is 1. The van der Waals surface area contributed by atoms with E-state index in [4.69, 9.17) is 11.6 Å². The van der Waals surface area contributed by atoms with E-state index >= 15 is 0 Å². The number of carbonyl (C=O) groups is 2. The predicted molar refractivity (Wildman–Crippen MR) is 103 cm³/mol. The number of amides is 2. The van der Waals surface area contributed by atoms with Crippen LogP contribution in [0.4, 0.5) is 5.00 Å². The highest BCUT2D eigenvalue weighted by Gasteiger charge is 2.27. The molecule has 4 nitrogen and oxygen atoms in total. The van der Waals surface area contributed by atoms with E-state index in [-0.39, 0.29) is 17.9 Å². The second kappa shape index (κ2) is 7.58. The lowest BCUT2D eigenvalue weighted by Gasteiger charge is -2.14. The third kappa shape index (κ3) is 3.88. The fourth-order valence-electron chi connectivity index (χ4n) is 3.04. The van der Waals surface area contributed by atoms with Gasteiger partial charge in [0.1, 0.15) is 5.00 Å². The van der Waals surface area contributed by atoms with Crippen molar-refractivity contribution in [1.82, 2.24) is 5.32 Å². The molecule has 3 rings (SSSR count). The van der Waals surface area contributed by atoms with E-state index in [2.05, 4.69) is 10.6 Å². The minimum Gasteiger partial charge on any atom is -0.350 e. The number of rotatable bonds is 4. The van der Waals surface area contributed by atoms with Gasteiger partial charge in [-0.3, -0.25) is 9.59 Å². The second-order valence-electron chi connectivity index (χ2n) is 6.48. The molecule has 2 amide bonds. The van der Waals surface area contributed by atoms with E-state index in [0.717, 1.165) is 31.2 Å². The van der Waals surface area contributed by atoms with Gasteiger partial charge in [0.2, 0.25) is 0 Å². The van der Waals surface area contributed by atoms with Crippen molar-refractivity contribution in [3.05, 3.63) is 50.9 Å². The molecular formula is C19H21ClN2O2S. The van der Waals surface area contributed by atoms with Gasteiger partial charge in [0.15, 0.2) is 0 Å². The van der Waals surface area contributed by atoms with Gasteiger partial charge in [-0.2, -0.15) is 0 Å². The lowest BCUT2D eigenvalue weighted by atomic mass is 9.95. The van der Waals surface area contributed by atoms with Gasteiger partial charge in [-0.15, -0.1) is 11.3 Å². The Bertz CT molecular complexity index is 814. The number of carbonyl (C=O) groups excluding carboxylic acids is 2. The third-order valence-electron chi connectivity index (χ3n) is 4.16. The summed E-state index contributed by atoms with van der Waals surface area (Å²) in [6, 6.07) is 6.96. The van der Waals surface area contributed by atoms with Crippen LogP contribution in [0.25, 0.3) is 0 Å². The van der Waals surface area contributed by atoms with Gasteiger partial charge in [-0.25, -0.2) is 0 Å². The largest absolute Gasteiger partial charge is 0.350 e. The molecule has 0 saturated carbocycles. The van der Waals surface area contributed by atoms with Crippen LogP contribution < -0.4 is 10.6 Å². The number of anilines is 1. The molecule has 132 valence electrons. The third-order valence-corrected chi connectivity index (χ3v) is 5.70. The Morgan fingerprint density at radius 2 is 1.84 bits per heavy atom. The van der Waals surface area contributed by atoms with Crippen LogP contribution in [0.2, 0.25) is 5.02 Å². The van der Waals surface area contributed by atoms with Gasteiger partial charge in [0, 0.05) is 10.9 Å². The summed E-state index contributed by atoms with van der Waals surface area (Å²) in [4.78, 5) is 26.5. The van der Waals surface area contributed by atoms with Gasteiger partial charge in [-0.05, 0) is 57.2 Å². The molecule has 1 aliphatic carbocycles. The average Bonchev–Trinajstić information content (AvgIpc) is 2.92. The van der Waals surface area contributed by atoms with E-state index in [9.17, 15) is 9.59 Å². The normalized spacial score (nSPS) is 13.4. The van der Waals surface area contributed by atoms with Crippen molar-refractivity contribution in [3.63, 3.8) is 0 Å². The second-order valence-corrected chi connectivity index (χ2v) is 7.99. The van der Waals surface area contributed by atoms with Gasteiger partial charge < -0.3 is 10.6 Å². The minimum atomic E-state index is -0.289. The van der Waals surface area contributed by atoms with Crippen molar-refractivity contribution in [2.45, 2.75) is 45.6 Å². The molecule has 1 heterocycles. The summed E-state index contributed by atoms with van der Waals surface area (Å²) in [7, 11) is 0. The van der Waals surface area contributed by atoms with Crippen LogP contribution in [0.1, 0.15) is 57.8 Å². The van der Waals surface area contributed by atoms with E-state index in [0.29, 0.717) is 21.2 Å². The van der Waals surface area contributed by atoms with Crippen LogP contribution >= 0.6 is 22.9 Å². The summed E-state index contributed by atoms with van der Waals surface area (Å²) in [5, 5.41) is 6.88. The topological polar surface area (TPSA) is 58.2 Å². The molecule has 1 aromatic carbocycles. The number of hydrogen-bond acceptors (Lipinski definition) is 3. The number of halogens is 1. The van der Waals surface area contributed by atoms with E-state index < -0.39 is 0 Å². The molecule has 25 heavy (non-hydrogen) atoms. The summed E-state index contributed by atoms with van der Waals surface area (Å²) in [6.45, 7) is 3.86. The van der Waals surface area contributed by atoms with Crippen molar-refractivity contribution in [2.75, 3.05) is 5.32 Å². The number of nitrogens with one attached hydrogen (secondary N) is 2. The summed E-state index contributed by atoms with van der Waals surface area (Å²) in [6.07, 6.45) is 4.04. The quantitative estimate of drug-likeness (QED) is 0.814. The zero-order valence-corrected chi connectivity index (χ0v) is 15.9. The fraction of sp³-hybridized carbons (Fsp3) is 0.368. The SMILES string of the molecule is CC(C)NC(=O)c1c(NC(=O)c2ccccc2Cl)sc2c1CCCC2. The number of thiophene rings is 1. The summed E-state index contributed by atoms with van der Waals surface area (Å²) in [5.74, 6) is -0.411. The Morgan fingerprint density at radius 1 is 1.12 bits per heavy atom. The first-order chi connectivity index (χ1) is 12.0. The molecule has 6 heteroatoms. The van der Waals surface area contributed by atoms with Gasteiger partial charge >= 0.3 is 0 Å². The molecule has 1 aromatic heterocycles. The van der Waals surface area contributed by atoms with Crippen molar-refractivity contribution in [2.24, 2.45) is 0 Å². The first-order valence-electron chi connectivity index (χ1n) is 8.48. The Balaban J connectivity index is 1.95. The molecule has 2 aromatic rings. The van der Waals surface area contributed by atoms with Crippen LogP contribution in [-0.2, 0) is 12.8 Å². The van der Waals surface area contributed by atoms with Crippen molar-refractivity contribution >= 4 is 39.8 Å². The zero-order chi connectivity index (χ0) is 18.0. The molecule has 0 saturated heterocycles. The zero-order valence-electron chi connectivity index (χ0n) is 14.3. The Morgan fingerprint density at radius 3 is 2.56 bits per heavy atom. The Kier molecular flexibility index (Phi) is 5.45. The maximum atomic E-state index is 12.7. The van der Waals surface area contributed by atoms with Crippen LogP contribution in [0.15, 0.2) is 24.3 Å². The molecule has 0 spiro atoms. The summed E-state index contributed by atoms with van der Waals surface area (Å²) in [5.41, 5.74) is 2.11. The number of fused-ring (bicyclic) bond motifs is 1. The predicted octanol–water partition coefficient (Wildman–Crippen LogP) is 4.67. The highest BCUT2D eigenvalue weighted by atomic mass is 35.5. The van der Waals surface area contributed by atoms with Gasteiger partial charge in [-0.1, -0.05) is 23.7 Å². The molecule has 1 aliphatic rings. The molecule has 0 fully saturated rings. The first-order valence-corrected chi connectivity index (χ1v) is 9.68. The van der Waals surface area contributed by atoms with E-state index in [1.54, 1.807) is 24.3 Å². The fourth-order valence-corrected chi connectivity index (χ4v) is 4.55. The van der Waals surface area contributed by atoms with Crippen LogP contribution in [0.5, 0.6) is 0 Å². The molecular weight excluding hydrogens is 356 g/mol. The van der Waals surface area contributed by atoms with Gasteiger partial charge in [0.25, 0.3) is 11.8 Å². The number of hydrogen-bond donors (Lipinski definition) is 2. The van der Waals surface area contributed by atoms with Crippen molar-refractivity contribution in [1.29, 1.82) is 0 Å². The van der Waals surface area contributed by atoms with Crippen LogP contribution in [0, 0.1) is 0 Å². The van der Waals surface area contributed by atoms with Crippen LogP contribution in [0.3, 0.4) is 0 Å². The van der Waals surface area contributed by atoms with E-state index in [1.807, 2.05) is 13.8 Å². The maximum absolute atomic E-state index is 12.7. The summed E-state index contributed by atoms with van der Waals surface area (Å²) >= 11 is 7.63.